The van der Waals surface area contributed by atoms with Crippen molar-refractivity contribution < 1.29 is 4.79 Å². The molecule has 1 fully saturated rings. The van der Waals surface area contributed by atoms with Crippen molar-refractivity contribution in [2.45, 2.75) is 31.7 Å². The molecular formula is C16H20N4O. The lowest BCUT2D eigenvalue weighted by Gasteiger charge is -2.23. The van der Waals surface area contributed by atoms with Gasteiger partial charge in [0.15, 0.2) is 0 Å². The summed E-state index contributed by atoms with van der Waals surface area (Å²) in [5.74, 6) is 0.187. The van der Waals surface area contributed by atoms with Gasteiger partial charge in [-0.2, -0.15) is 0 Å². The van der Waals surface area contributed by atoms with Gasteiger partial charge in [-0.15, -0.1) is 5.10 Å². The van der Waals surface area contributed by atoms with Crippen LogP contribution in [0.4, 0.5) is 0 Å². The number of rotatable bonds is 4. The standard InChI is InChI=1S/C16H20N4O/c1-2-15(13-6-4-3-5-7-13)16(21)19-10-8-14(12-19)20-11-9-17-18-20/h3-7,9,11,14-15H,2,8,10,12H2,1H3/t14-,15+/m1/s1. The van der Waals surface area contributed by atoms with Gasteiger partial charge in [0, 0.05) is 19.3 Å². The minimum absolute atomic E-state index is 0.0410. The molecule has 0 saturated carbocycles. The maximum absolute atomic E-state index is 12.8. The molecular weight excluding hydrogens is 264 g/mol. The molecule has 0 bridgehead atoms. The average molecular weight is 284 g/mol. The minimum atomic E-state index is -0.0410. The van der Waals surface area contributed by atoms with Crippen LogP contribution < -0.4 is 0 Å². The van der Waals surface area contributed by atoms with Crippen molar-refractivity contribution in [1.82, 2.24) is 19.9 Å². The molecule has 1 aromatic carbocycles. The number of carbonyl (C=O) groups excluding carboxylic acids is 1. The van der Waals surface area contributed by atoms with Crippen LogP contribution >= 0.6 is 0 Å². The van der Waals surface area contributed by atoms with Crippen LogP contribution in [0.15, 0.2) is 42.7 Å². The van der Waals surface area contributed by atoms with E-state index in [4.69, 9.17) is 0 Å². The van der Waals surface area contributed by atoms with Gasteiger partial charge in [-0.05, 0) is 18.4 Å². The van der Waals surface area contributed by atoms with Gasteiger partial charge in [0.25, 0.3) is 0 Å². The van der Waals surface area contributed by atoms with E-state index in [2.05, 4.69) is 17.2 Å². The zero-order chi connectivity index (χ0) is 14.7. The molecule has 5 heteroatoms. The van der Waals surface area contributed by atoms with Crippen LogP contribution in [0.2, 0.25) is 0 Å². The minimum Gasteiger partial charge on any atom is -0.340 e. The van der Waals surface area contributed by atoms with Gasteiger partial charge in [0.2, 0.25) is 5.91 Å². The van der Waals surface area contributed by atoms with E-state index in [0.29, 0.717) is 0 Å². The summed E-state index contributed by atoms with van der Waals surface area (Å²) >= 11 is 0. The molecule has 0 N–H and O–H groups in total. The van der Waals surface area contributed by atoms with Crippen LogP contribution in [-0.4, -0.2) is 38.9 Å². The van der Waals surface area contributed by atoms with Crippen LogP contribution in [0.5, 0.6) is 0 Å². The summed E-state index contributed by atoms with van der Waals surface area (Å²) in [5.41, 5.74) is 1.11. The second-order valence-electron chi connectivity index (χ2n) is 5.48. The molecule has 1 aromatic heterocycles. The van der Waals surface area contributed by atoms with Gasteiger partial charge >= 0.3 is 0 Å². The Balaban J connectivity index is 1.70. The SMILES string of the molecule is CC[C@H](C(=O)N1CC[C@@H](n2ccnn2)C1)c1ccccc1. The van der Waals surface area contributed by atoms with Crippen molar-refractivity contribution in [3.05, 3.63) is 48.3 Å². The Morgan fingerprint density at radius 1 is 1.38 bits per heavy atom. The Morgan fingerprint density at radius 2 is 2.19 bits per heavy atom. The third-order valence-corrected chi connectivity index (χ3v) is 4.20. The zero-order valence-corrected chi connectivity index (χ0v) is 12.2. The van der Waals surface area contributed by atoms with E-state index >= 15 is 0 Å². The van der Waals surface area contributed by atoms with Gasteiger partial charge in [-0.1, -0.05) is 42.5 Å². The normalized spacial score (nSPS) is 19.7. The number of hydrogen-bond donors (Lipinski definition) is 0. The monoisotopic (exact) mass is 284 g/mol. The van der Waals surface area contributed by atoms with Gasteiger partial charge in [0.1, 0.15) is 0 Å². The Bertz CT molecular complexity index is 582. The fourth-order valence-electron chi connectivity index (χ4n) is 3.03. The second kappa shape index (κ2) is 6.08. The Labute approximate surface area is 124 Å². The van der Waals surface area contributed by atoms with Crippen LogP contribution in [0, 0.1) is 0 Å². The number of amides is 1. The van der Waals surface area contributed by atoms with E-state index in [1.807, 2.05) is 46.1 Å². The molecule has 1 amide bonds. The van der Waals surface area contributed by atoms with Crippen molar-refractivity contribution in [1.29, 1.82) is 0 Å². The highest BCUT2D eigenvalue weighted by atomic mass is 16.2. The summed E-state index contributed by atoms with van der Waals surface area (Å²) in [4.78, 5) is 14.7. The van der Waals surface area contributed by atoms with Gasteiger partial charge in [-0.25, -0.2) is 4.68 Å². The van der Waals surface area contributed by atoms with E-state index in [0.717, 1.165) is 31.5 Å². The quantitative estimate of drug-likeness (QED) is 0.865. The number of aromatic nitrogens is 3. The average Bonchev–Trinajstić information content (AvgIpc) is 3.20. The summed E-state index contributed by atoms with van der Waals surface area (Å²) in [6.07, 6.45) is 5.32. The van der Waals surface area contributed by atoms with Crippen molar-refractivity contribution >= 4 is 5.91 Å². The van der Waals surface area contributed by atoms with Crippen molar-refractivity contribution in [2.75, 3.05) is 13.1 Å². The van der Waals surface area contributed by atoms with Crippen molar-refractivity contribution in [3.63, 3.8) is 0 Å². The molecule has 2 aromatic rings. The summed E-state index contributed by atoms with van der Waals surface area (Å²) in [6.45, 7) is 3.60. The number of likely N-dealkylation sites (tertiary alicyclic amines) is 1. The highest BCUT2D eigenvalue weighted by Gasteiger charge is 2.31. The van der Waals surface area contributed by atoms with Gasteiger partial charge in [-0.3, -0.25) is 4.79 Å². The molecule has 0 spiro atoms. The van der Waals surface area contributed by atoms with Gasteiger partial charge in [0.05, 0.1) is 18.2 Å². The topological polar surface area (TPSA) is 51.0 Å². The van der Waals surface area contributed by atoms with Crippen LogP contribution in [0.3, 0.4) is 0 Å². The zero-order valence-electron chi connectivity index (χ0n) is 12.2. The highest BCUT2D eigenvalue weighted by Crippen LogP contribution is 2.27. The van der Waals surface area contributed by atoms with Gasteiger partial charge < -0.3 is 4.90 Å². The first-order chi connectivity index (χ1) is 10.3. The molecule has 21 heavy (non-hydrogen) atoms. The molecule has 0 unspecified atom stereocenters. The molecule has 2 atom stereocenters. The largest absolute Gasteiger partial charge is 0.340 e. The lowest BCUT2D eigenvalue weighted by molar-refractivity contribution is -0.132. The lowest BCUT2D eigenvalue weighted by Crippen LogP contribution is -2.33. The van der Waals surface area contributed by atoms with Crippen molar-refractivity contribution in [3.8, 4) is 0 Å². The molecule has 1 saturated heterocycles. The maximum atomic E-state index is 12.8. The molecule has 1 aliphatic rings. The molecule has 5 nitrogen and oxygen atoms in total. The highest BCUT2D eigenvalue weighted by molar-refractivity contribution is 5.84. The first kappa shape index (κ1) is 13.8. The number of nitrogens with zero attached hydrogens (tertiary/aromatic N) is 4. The van der Waals surface area contributed by atoms with E-state index in [9.17, 15) is 4.79 Å². The fourth-order valence-corrected chi connectivity index (χ4v) is 3.03. The smallest absolute Gasteiger partial charge is 0.230 e. The molecule has 3 rings (SSSR count). The number of hydrogen-bond acceptors (Lipinski definition) is 3. The summed E-state index contributed by atoms with van der Waals surface area (Å²) in [5, 5.41) is 7.89. The van der Waals surface area contributed by atoms with E-state index in [1.54, 1.807) is 6.20 Å². The lowest BCUT2D eigenvalue weighted by atomic mass is 9.95. The first-order valence-electron chi connectivity index (χ1n) is 7.49. The fraction of sp³-hybridized carbons (Fsp3) is 0.438. The summed E-state index contributed by atoms with van der Waals surface area (Å²) in [6, 6.07) is 10.3. The van der Waals surface area contributed by atoms with Crippen LogP contribution in [-0.2, 0) is 4.79 Å². The number of carbonyl (C=O) groups is 1. The van der Waals surface area contributed by atoms with E-state index in [1.165, 1.54) is 0 Å². The predicted octanol–water partition coefficient (Wildman–Crippen LogP) is 2.25. The Hall–Kier alpha value is -2.17. The van der Waals surface area contributed by atoms with Crippen LogP contribution in [0.1, 0.15) is 37.3 Å². The van der Waals surface area contributed by atoms with Crippen molar-refractivity contribution in [2.24, 2.45) is 0 Å². The Morgan fingerprint density at radius 3 is 2.86 bits per heavy atom. The summed E-state index contributed by atoms with van der Waals surface area (Å²) in [7, 11) is 0. The molecule has 0 aliphatic carbocycles. The summed E-state index contributed by atoms with van der Waals surface area (Å²) < 4.78 is 1.86. The first-order valence-corrected chi connectivity index (χ1v) is 7.49. The second-order valence-corrected chi connectivity index (χ2v) is 5.48. The molecule has 1 aliphatic heterocycles. The predicted molar refractivity (Wildman–Crippen MR) is 79.7 cm³/mol. The van der Waals surface area contributed by atoms with E-state index < -0.39 is 0 Å². The third kappa shape index (κ3) is 2.82. The van der Waals surface area contributed by atoms with E-state index in [-0.39, 0.29) is 17.9 Å². The number of benzene rings is 1. The van der Waals surface area contributed by atoms with Crippen LogP contribution in [0.25, 0.3) is 0 Å². The molecule has 110 valence electrons. The molecule has 2 heterocycles. The Kier molecular flexibility index (Phi) is 3.99. The molecule has 0 radical (unpaired) electrons. The maximum Gasteiger partial charge on any atom is 0.230 e. The third-order valence-electron chi connectivity index (χ3n) is 4.20.